The van der Waals surface area contributed by atoms with E-state index in [9.17, 15) is 9.59 Å². The molecule has 10 heteroatoms. The quantitative estimate of drug-likeness (QED) is 0.226. The fraction of sp³-hybridized carbons (Fsp3) is 0.258. The van der Waals surface area contributed by atoms with E-state index in [1.165, 1.54) is 0 Å². The first-order valence-electron chi connectivity index (χ1n) is 13.4. The first-order valence-corrected chi connectivity index (χ1v) is 13.4. The molecule has 0 saturated heterocycles. The zero-order valence-electron chi connectivity index (χ0n) is 23.9. The number of aromatic nitrogens is 3. The fourth-order valence-electron chi connectivity index (χ4n) is 4.59. The second-order valence-corrected chi connectivity index (χ2v) is 10.3. The lowest BCUT2D eigenvalue weighted by Crippen LogP contribution is -2.41. The SMILES string of the molecule is CCNc1nc2oc(-c3ccc(C)cc3)c(C(=O)NC)c2cc1-c1cccc(C(=O)NC(C)(C)c2nc(C)no2)c1. The molecule has 0 aliphatic carbocycles. The molecule has 210 valence electrons. The van der Waals surface area contributed by atoms with Crippen LogP contribution in [-0.4, -0.2) is 40.5 Å². The molecule has 0 atom stereocenters. The summed E-state index contributed by atoms with van der Waals surface area (Å²) in [4.78, 5) is 35.5. The van der Waals surface area contributed by atoms with Crippen LogP contribution in [0.4, 0.5) is 5.82 Å². The number of furan rings is 1. The van der Waals surface area contributed by atoms with Gasteiger partial charge in [-0.25, -0.2) is 0 Å². The van der Waals surface area contributed by atoms with E-state index in [-0.39, 0.29) is 11.8 Å². The van der Waals surface area contributed by atoms with Crippen LogP contribution in [0.25, 0.3) is 33.6 Å². The van der Waals surface area contributed by atoms with Crippen LogP contribution in [0.5, 0.6) is 0 Å². The van der Waals surface area contributed by atoms with Crippen LogP contribution in [-0.2, 0) is 5.54 Å². The highest BCUT2D eigenvalue weighted by atomic mass is 16.5. The Morgan fingerprint density at radius 2 is 1.71 bits per heavy atom. The van der Waals surface area contributed by atoms with E-state index >= 15 is 0 Å². The van der Waals surface area contributed by atoms with Crippen molar-refractivity contribution >= 4 is 28.7 Å². The summed E-state index contributed by atoms with van der Waals surface area (Å²) in [5.41, 5.74) is 3.64. The molecule has 3 heterocycles. The summed E-state index contributed by atoms with van der Waals surface area (Å²) in [6.45, 7) is 9.90. The smallest absolute Gasteiger partial charge is 0.255 e. The molecule has 0 unspecified atom stereocenters. The van der Waals surface area contributed by atoms with Crippen LogP contribution >= 0.6 is 0 Å². The van der Waals surface area contributed by atoms with Gasteiger partial charge < -0.3 is 24.9 Å². The third-order valence-corrected chi connectivity index (χ3v) is 6.72. The monoisotopic (exact) mass is 552 g/mol. The van der Waals surface area contributed by atoms with Gasteiger partial charge in [0.25, 0.3) is 17.7 Å². The number of amides is 2. The molecule has 0 bridgehead atoms. The molecule has 2 aromatic carbocycles. The average molecular weight is 553 g/mol. The maximum atomic E-state index is 13.3. The Kier molecular flexibility index (Phi) is 7.32. The Morgan fingerprint density at radius 3 is 2.37 bits per heavy atom. The lowest BCUT2D eigenvalue weighted by Gasteiger charge is -2.22. The molecule has 0 aliphatic heterocycles. The number of nitrogens with zero attached hydrogens (tertiary/aromatic N) is 3. The maximum absolute atomic E-state index is 13.3. The molecule has 41 heavy (non-hydrogen) atoms. The van der Waals surface area contributed by atoms with Gasteiger partial charge in [-0.2, -0.15) is 9.97 Å². The number of carbonyl (C=O) groups excluding carboxylic acids is 2. The van der Waals surface area contributed by atoms with Crippen molar-refractivity contribution < 1.29 is 18.5 Å². The predicted molar refractivity (Wildman–Crippen MR) is 157 cm³/mol. The third-order valence-electron chi connectivity index (χ3n) is 6.72. The normalized spacial score (nSPS) is 11.5. The predicted octanol–water partition coefficient (Wildman–Crippen LogP) is 5.62. The van der Waals surface area contributed by atoms with E-state index < -0.39 is 5.54 Å². The van der Waals surface area contributed by atoms with E-state index in [0.717, 1.165) is 22.3 Å². The largest absolute Gasteiger partial charge is 0.437 e. The summed E-state index contributed by atoms with van der Waals surface area (Å²) in [6, 6.07) is 16.9. The lowest BCUT2D eigenvalue weighted by atomic mass is 9.99. The third kappa shape index (κ3) is 5.41. The van der Waals surface area contributed by atoms with Crippen molar-refractivity contribution in [1.82, 2.24) is 25.8 Å². The highest BCUT2D eigenvalue weighted by molar-refractivity contribution is 6.11. The van der Waals surface area contributed by atoms with Crippen LogP contribution in [0, 0.1) is 13.8 Å². The zero-order valence-corrected chi connectivity index (χ0v) is 23.9. The van der Waals surface area contributed by atoms with Crippen molar-refractivity contribution in [3.8, 4) is 22.5 Å². The van der Waals surface area contributed by atoms with Crippen LogP contribution in [0.3, 0.4) is 0 Å². The summed E-state index contributed by atoms with van der Waals surface area (Å²) in [5, 5.41) is 13.4. The van der Waals surface area contributed by atoms with E-state index in [4.69, 9.17) is 13.9 Å². The summed E-state index contributed by atoms with van der Waals surface area (Å²) >= 11 is 0. The van der Waals surface area contributed by atoms with Crippen LogP contribution in [0.2, 0.25) is 0 Å². The number of fused-ring (bicyclic) bond motifs is 1. The molecular weight excluding hydrogens is 520 g/mol. The Labute approximate surface area is 237 Å². The molecule has 2 amide bonds. The van der Waals surface area contributed by atoms with Gasteiger partial charge in [0.1, 0.15) is 17.1 Å². The van der Waals surface area contributed by atoms with Crippen LogP contribution in [0.15, 0.2) is 63.5 Å². The lowest BCUT2D eigenvalue weighted by molar-refractivity contribution is 0.0894. The van der Waals surface area contributed by atoms with Gasteiger partial charge in [0.2, 0.25) is 5.71 Å². The number of aryl methyl sites for hydroxylation is 2. The first kappa shape index (κ1) is 27.6. The van der Waals surface area contributed by atoms with E-state index in [1.54, 1.807) is 46.0 Å². The number of nitrogens with one attached hydrogen (secondary N) is 3. The van der Waals surface area contributed by atoms with E-state index in [1.807, 2.05) is 50.2 Å². The Bertz CT molecular complexity index is 1750. The topological polar surface area (TPSA) is 135 Å². The molecular formula is C31H32N6O4. The maximum Gasteiger partial charge on any atom is 0.255 e. The number of rotatable bonds is 8. The minimum Gasteiger partial charge on any atom is -0.437 e. The molecule has 0 spiro atoms. The Balaban J connectivity index is 1.60. The van der Waals surface area contributed by atoms with Crippen molar-refractivity contribution in [2.24, 2.45) is 0 Å². The average Bonchev–Trinajstić information content (AvgIpc) is 3.56. The minimum absolute atomic E-state index is 0.283. The fourth-order valence-corrected chi connectivity index (χ4v) is 4.59. The molecule has 3 aromatic heterocycles. The van der Waals surface area contributed by atoms with Gasteiger partial charge in [-0.1, -0.05) is 47.1 Å². The molecule has 0 saturated carbocycles. The van der Waals surface area contributed by atoms with Gasteiger partial charge >= 0.3 is 0 Å². The second kappa shape index (κ2) is 10.9. The molecule has 0 fully saturated rings. The Hall–Kier alpha value is -4.99. The second-order valence-electron chi connectivity index (χ2n) is 10.3. The Morgan fingerprint density at radius 1 is 0.951 bits per heavy atom. The standard InChI is InChI=1S/C31H32N6O4/c1-7-33-26-22(20-9-8-10-21(15-20)27(38)36-31(4,5)30-34-18(3)37-41-30)16-23-24(28(39)32-6)25(40-29(23)35-26)19-13-11-17(2)12-14-19/h8-16H,7H2,1-6H3,(H,32,39)(H,33,35)(H,36,38). The highest BCUT2D eigenvalue weighted by Crippen LogP contribution is 2.38. The van der Waals surface area contributed by atoms with E-state index in [2.05, 4.69) is 26.1 Å². The number of hydrogen-bond donors (Lipinski definition) is 3. The summed E-state index contributed by atoms with van der Waals surface area (Å²) in [7, 11) is 1.58. The molecule has 3 N–H and O–H groups in total. The number of anilines is 1. The van der Waals surface area contributed by atoms with Crippen molar-refractivity contribution in [2.45, 2.75) is 40.2 Å². The van der Waals surface area contributed by atoms with Crippen molar-refractivity contribution in [1.29, 1.82) is 0 Å². The summed E-state index contributed by atoms with van der Waals surface area (Å²) in [6.07, 6.45) is 0. The number of benzene rings is 2. The van der Waals surface area contributed by atoms with Gasteiger partial charge in [0, 0.05) is 30.3 Å². The van der Waals surface area contributed by atoms with Crippen molar-refractivity contribution in [2.75, 3.05) is 18.9 Å². The van der Waals surface area contributed by atoms with Crippen molar-refractivity contribution in [3.63, 3.8) is 0 Å². The molecule has 5 aromatic rings. The van der Waals surface area contributed by atoms with Gasteiger partial charge in [-0.05, 0) is 58.4 Å². The van der Waals surface area contributed by atoms with E-state index in [0.29, 0.717) is 52.1 Å². The van der Waals surface area contributed by atoms with Gasteiger partial charge in [0.05, 0.1) is 10.9 Å². The van der Waals surface area contributed by atoms with Crippen molar-refractivity contribution in [3.05, 3.63) is 83.0 Å². The summed E-state index contributed by atoms with van der Waals surface area (Å²) in [5.74, 6) is 1.24. The number of pyridine rings is 1. The van der Waals surface area contributed by atoms with Crippen LogP contribution in [0.1, 0.15) is 58.8 Å². The molecule has 0 aliphatic rings. The van der Waals surface area contributed by atoms with Gasteiger partial charge in [0.15, 0.2) is 5.82 Å². The molecule has 5 rings (SSSR count). The van der Waals surface area contributed by atoms with Crippen LogP contribution < -0.4 is 16.0 Å². The summed E-state index contributed by atoms with van der Waals surface area (Å²) < 4.78 is 11.5. The zero-order chi connectivity index (χ0) is 29.3. The minimum atomic E-state index is -0.880. The first-order chi connectivity index (χ1) is 19.6. The van der Waals surface area contributed by atoms with Gasteiger partial charge in [-0.3, -0.25) is 9.59 Å². The molecule has 10 nitrogen and oxygen atoms in total. The number of hydrogen-bond acceptors (Lipinski definition) is 8. The number of carbonyl (C=O) groups is 2. The van der Waals surface area contributed by atoms with Gasteiger partial charge in [-0.15, -0.1) is 0 Å². The molecule has 0 radical (unpaired) electrons. The highest BCUT2D eigenvalue weighted by Gasteiger charge is 2.30.